The fraction of sp³-hybridized carbons (Fsp3) is 0.519. The van der Waals surface area contributed by atoms with Gasteiger partial charge >= 0.3 is 6.09 Å². The summed E-state index contributed by atoms with van der Waals surface area (Å²) < 4.78 is 10.7. The third-order valence-electron chi connectivity index (χ3n) is 6.30. The standard InChI is InChI=1S/C27H35N3O5/c1-27(2,3)35-26(33)28-13-6-4-5-7-14-30-24(31)20-10-8-9-19-22(29-15-17-34-18-16-29)12-11-21(23(19)20)25(30)32/h8-12H,4-7,13-18H2,1-3H3,(H,28,33). The number of benzene rings is 2. The largest absolute Gasteiger partial charge is 0.444 e. The zero-order chi connectivity index (χ0) is 25.0. The highest BCUT2D eigenvalue weighted by molar-refractivity contribution is 6.26. The van der Waals surface area contributed by atoms with Crippen molar-refractivity contribution in [3.8, 4) is 0 Å². The lowest BCUT2D eigenvalue weighted by atomic mass is 9.92. The van der Waals surface area contributed by atoms with Crippen molar-refractivity contribution in [3.05, 3.63) is 41.5 Å². The van der Waals surface area contributed by atoms with Gasteiger partial charge < -0.3 is 19.7 Å². The Morgan fingerprint density at radius 1 is 0.971 bits per heavy atom. The number of ether oxygens (including phenoxy) is 2. The summed E-state index contributed by atoms with van der Waals surface area (Å²) >= 11 is 0. The predicted molar refractivity (Wildman–Crippen MR) is 135 cm³/mol. The van der Waals surface area contributed by atoms with Crippen molar-refractivity contribution >= 4 is 34.4 Å². The van der Waals surface area contributed by atoms with Gasteiger partial charge in [0.15, 0.2) is 0 Å². The van der Waals surface area contributed by atoms with Crippen LogP contribution in [0.15, 0.2) is 30.3 Å². The van der Waals surface area contributed by atoms with Crippen molar-refractivity contribution in [1.82, 2.24) is 10.2 Å². The summed E-state index contributed by atoms with van der Waals surface area (Å²) in [4.78, 5) is 41.9. The Morgan fingerprint density at radius 3 is 2.37 bits per heavy atom. The number of nitrogens with one attached hydrogen (secondary N) is 1. The lowest BCUT2D eigenvalue weighted by Gasteiger charge is -2.32. The molecule has 3 amide bonds. The van der Waals surface area contributed by atoms with Crippen LogP contribution in [0.2, 0.25) is 0 Å². The minimum Gasteiger partial charge on any atom is -0.444 e. The topological polar surface area (TPSA) is 88.2 Å². The van der Waals surface area contributed by atoms with Crippen molar-refractivity contribution in [2.75, 3.05) is 44.3 Å². The summed E-state index contributed by atoms with van der Waals surface area (Å²) in [6.07, 6.45) is 2.88. The van der Waals surface area contributed by atoms with Gasteiger partial charge in [-0.3, -0.25) is 14.5 Å². The molecular weight excluding hydrogens is 446 g/mol. The van der Waals surface area contributed by atoms with E-state index in [4.69, 9.17) is 9.47 Å². The molecule has 1 N–H and O–H groups in total. The molecule has 1 saturated heterocycles. The van der Waals surface area contributed by atoms with E-state index >= 15 is 0 Å². The summed E-state index contributed by atoms with van der Waals surface area (Å²) in [6.45, 7) is 9.35. The second-order valence-electron chi connectivity index (χ2n) is 10.1. The number of carbonyl (C=O) groups excluding carboxylic acids is 3. The third kappa shape index (κ3) is 5.75. The van der Waals surface area contributed by atoms with Crippen LogP contribution in [-0.2, 0) is 9.47 Å². The minimum atomic E-state index is -0.509. The molecule has 0 bridgehead atoms. The van der Waals surface area contributed by atoms with E-state index in [9.17, 15) is 14.4 Å². The molecular formula is C27H35N3O5. The molecule has 0 radical (unpaired) electrons. The van der Waals surface area contributed by atoms with Crippen LogP contribution >= 0.6 is 0 Å². The molecule has 8 heteroatoms. The first-order valence-electron chi connectivity index (χ1n) is 12.5. The van der Waals surface area contributed by atoms with E-state index in [2.05, 4.69) is 10.2 Å². The number of nitrogens with zero attached hydrogens (tertiary/aromatic N) is 2. The summed E-state index contributed by atoms with van der Waals surface area (Å²) in [5.74, 6) is -0.447. The van der Waals surface area contributed by atoms with Crippen LogP contribution in [0, 0.1) is 0 Å². The Bertz CT molecular complexity index is 1080. The number of morpholine rings is 1. The molecule has 188 valence electrons. The molecule has 2 aromatic rings. The van der Waals surface area contributed by atoms with Gasteiger partial charge in [0.2, 0.25) is 0 Å². The second-order valence-corrected chi connectivity index (χ2v) is 10.1. The lowest BCUT2D eigenvalue weighted by Crippen LogP contribution is -2.41. The molecule has 2 aromatic carbocycles. The Kier molecular flexibility index (Phi) is 7.60. The fourth-order valence-electron chi connectivity index (χ4n) is 4.67. The number of anilines is 1. The molecule has 2 aliphatic heterocycles. The zero-order valence-electron chi connectivity index (χ0n) is 20.9. The van der Waals surface area contributed by atoms with Crippen molar-refractivity contribution in [1.29, 1.82) is 0 Å². The first kappa shape index (κ1) is 25.0. The van der Waals surface area contributed by atoms with E-state index in [1.165, 1.54) is 4.90 Å². The highest BCUT2D eigenvalue weighted by Crippen LogP contribution is 2.36. The molecule has 1 fully saturated rings. The number of imide groups is 1. The molecule has 0 saturated carbocycles. The molecule has 35 heavy (non-hydrogen) atoms. The summed E-state index contributed by atoms with van der Waals surface area (Å²) in [7, 11) is 0. The maximum absolute atomic E-state index is 13.3. The third-order valence-corrected chi connectivity index (χ3v) is 6.30. The molecule has 0 aliphatic carbocycles. The van der Waals surface area contributed by atoms with Gasteiger partial charge in [0, 0.05) is 53.8 Å². The number of hydrogen-bond acceptors (Lipinski definition) is 6. The number of rotatable bonds is 8. The average molecular weight is 482 g/mol. The van der Waals surface area contributed by atoms with E-state index in [1.807, 2.05) is 51.1 Å². The van der Waals surface area contributed by atoms with Crippen LogP contribution in [0.3, 0.4) is 0 Å². The number of alkyl carbamates (subject to hydrolysis) is 1. The SMILES string of the molecule is CC(C)(C)OC(=O)NCCCCCCN1C(=O)c2cccc3c(N4CCOCC4)ccc(c23)C1=O. The Balaban J connectivity index is 1.34. The number of hydrogen-bond donors (Lipinski definition) is 1. The van der Waals surface area contributed by atoms with Crippen LogP contribution in [0.4, 0.5) is 10.5 Å². The first-order valence-corrected chi connectivity index (χ1v) is 12.5. The van der Waals surface area contributed by atoms with Gasteiger partial charge in [-0.25, -0.2) is 4.79 Å². The van der Waals surface area contributed by atoms with Gasteiger partial charge in [0.05, 0.1) is 13.2 Å². The van der Waals surface area contributed by atoms with Crippen LogP contribution in [0.5, 0.6) is 0 Å². The minimum absolute atomic E-state index is 0.223. The highest BCUT2D eigenvalue weighted by Gasteiger charge is 2.33. The average Bonchev–Trinajstić information content (AvgIpc) is 2.82. The fourth-order valence-corrected chi connectivity index (χ4v) is 4.67. The maximum atomic E-state index is 13.3. The van der Waals surface area contributed by atoms with Crippen LogP contribution in [-0.4, -0.2) is 67.8 Å². The van der Waals surface area contributed by atoms with Gasteiger partial charge in [-0.05, 0) is 51.8 Å². The quantitative estimate of drug-likeness (QED) is 0.445. The smallest absolute Gasteiger partial charge is 0.407 e. The van der Waals surface area contributed by atoms with Gasteiger partial charge in [0.1, 0.15) is 5.60 Å². The molecule has 0 unspecified atom stereocenters. The Hall–Kier alpha value is -3.13. The summed E-state index contributed by atoms with van der Waals surface area (Å²) in [6, 6.07) is 9.57. The summed E-state index contributed by atoms with van der Waals surface area (Å²) in [5, 5.41) is 4.46. The molecule has 8 nitrogen and oxygen atoms in total. The normalized spacial score (nSPS) is 16.1. The predicted octanol–water partition coefficient (Wildman–Crippen LogP) is 4.36. The molecule has 0 spiro atoms. The first-order chi connectivity index (χ1) is 16.8. The molecule has 4 rings (SSSR count). The van der Waals surface area contributed by atoms with Crippen molar-refractivity contribution < 1.29 is 23.9 Å². The number of carbonyl (C=O) groups is 3. The van der Waals surface area contributed by atoms with Gasteiger partial charge in [-0.2, -0.15) is 0 Å². The van der Waals surface area contributed by atoms with Gasteiger partial charge in [-0.15, -0.1) is 0 Å². The molecule has 0 atom stereocenters. The lowest BCUT2D eigenvalue weighted by molar-refractivity contribution is 0.0523. The monoisotopic (exact) mass is 481 g/mol. The molecule has 2 heterocycles. The number of unbranched alkanes of at least 4 members (excludes halogenated alkanes) is 3. The van der Waals surface area contributed by atoms with Gasteiger partial charge in [-0.1, -0.05) is 25.0 Å². The Morgan fingerprint density at radius 2 is 1.66 bits per heavy atom. The van der Waals surface area contributed by atoms with E-state index in [1.54, 1.807) is 0 Å². The maximum Gasteiger partial charge on any atom is 0.407 e. The van der Waals surface area contributed by atoms with Crippen molar-refractivity contribution in [2.45, 2.75) is 52.1 Å². The molecule has 2 aliphatic rings. The second kappa shape index (κ2) is 10.6. The summed E-state index contributed by atoms with van der Waals surface area (Å²) in [5.41, 5.74) is 1.72. The highest BCUT2D eigenvalue weighted by atomic mass is 16.6. The van der Waals surface area contributed by atoms with Crippen LogP contribution in [0.1, 0.15) is 67.2 Å². The van der Waals surface area contributed by atoms with Crippen LogP contribution in [0.25, 0.3) is 10.8 Å². The van der Waals surface area contributed by atoms with Crippen molar-refractivity contribution in [3.63, 3.8) is 0 Å². The van der Waals surface area contributed by atoms with E-state index in [0.29, 0.717) is 37.4 Å². The van der Waals surface area contributed by atoms with Crippen molar-refractivity contribution in [2.24, 2.45) is 0 Å². The van der Waals surface area contributed by atoms with Crippen LogP contribution < -0.4 is 10.2 Å². The van der Waals surface area contributed by atoms with E-state index < -0.39 is 11.7 Å². The van der Waals surface area contributed by atoms with E-state index in [0.717, 1.165) is 55.2 Å². The number of amides is 3. The zero-order valence-corrected chi connectivity index (χ0v) is 20.9. The Labute approximate surface area is 206 Å². The van der Waals surface area contributed by atoms with E-state index in [-0.39, 0.29) is 11.8 Å². The molecule has 0 aromatic heterocycles. The van der Waals surface area contributed by atoms with Gasteiger partial charge in [0.25, 0.3) is 11.8 Å².